The number of nitrogens with zero attached hydrogens (tertiary/aromatic N) is 2. The second-order valence-electron chi connectivity index (χ2n) is 10.7. The van der Waals surface area contributed by atoms with Crippen LogP contribution in [0.15, 0.2) is 0 Å². The summed E-state index contributed by atoms with van der Waals surface area (Å²) in [5.41, 5.74) is 0. The van der Waals surface area contributed by atoms with Crippen molar-refractivity contribution in [2.75, 3.05) is 19.6 Å². The number of hydrogen-bond acceptors (Lipinski definition) is 5. The summed E-state index contributed by atoms with van der Waals surface area (Å²) in [6.45, 7) is 6.46. The molecule has 8 nitrogen and oxygen atoms in total. The molecule has 2 aliphatic carbocycles. The summed E-state index contributed by atoms with van der Waals surface area (Å²) in [4.78, 5) is 43.7. The van der Waals surface area contributed by atoms with Crippen LogP contribution in [-0.2, 0) is 14.4 Å². The third kappa shape index (κ3) is 5.53. The predicted molar refractivity (Wildman–Crippen MR) is 125 cm³/mol. The largest absolute Gasteiger partial charge is 0.381 e. The van der Waals surface area contributed by atoms with Gasteiger partial charge in [-0.05, 0) is 76.8 Å². The van der Waals surface area contributed by atoms with Gasteiger partial charge in [0.05, 0.1) is 12.1 Å². The number of hydrogen-bond donors (Lipinski definition) is 3. The Hall–Kier alpha value is -1.67. The Kier molecular flexibility index (Phi) is 7.95. The van der Waals surface area contributed by atoms with Gasteiger partial charge in [-0.1, -0.05) is 26.2 Å². The fourth-order valence-corrected chi connectivity index (χ4v) is 6.16. The molecule has 4 fully saturated rings. The van der Waals surface area contributed by atoms with Gasteiger partial charge in [-0.3, -0.25) is 19.3 Å². The Morgan fingerprint density at radius 3 is 2.42 bits per heavy atom. The highest BCUT2D eigenvalue weighted by Crippen LogP contribution is 2.42. The molecule has 0 aromatic heterocycles. The third-order valence-corrected chi connectivity index (χ3v) is 8.24. The first-order valence-corrected chi connectivity index (χ1v) is 13.2. The summed E-state index contributed by atoms with van der Waals surface area (Å²) < 4.78 is 0. The number of amides is 3. The fraction of sp³-hybridized carbons (Fsp3) is 0.880. The number of rotatable bonds is 9. The zero-order valence-electron chi connectivity index (χ0n) is 20.3. The molecular formula is C25H42N4O4. The highest BCUT2D eigenvalue weighted by atomic mass is 16.3. The molecule has 0 aromatic rings. The van der Waals surface area contributed by atoms with Crippen LogP contribution in [-0.4, -0.2) is 82.5 Å². The van der Waals surface area contributed by atoms with Gasteiger partial charge >= 0.3 is 0 Å². The van der Waals surface area contributed by atoms with Crippen molar-refractivity contribution in [3.63, 3.8) is 0 Å². The van der Waals surface area contributed by atoms with E-state index in [1.165, 1.54) is 6.42 Å². The lowest BCUT2D eigenvalue weighted by atomic mass is 9.92. The van der Waals surface area contributed by atoms with Crippen molar-refractivity contribution in [3.8, 4) is 0 Å². The van der Waals surface area contributed by atoms with Crippen molar-refractivity contribution < 1.29 is 19.5 Å². The first-order valence-electron chi connectivity index (χ1n) is 13.2. The summed E-state index contributed by atoms with van der Waals surface area (Å²) in [6, 6.07) is -1.21. The molecule has 186 valence electrons. The highest BCUT2D eigenvalue weighted by Gasteiger charge is 2.51. The molecule has 33 heavy (non-hydrogen) atoms. The van der Waals surface area contributed by atoms with Gasteiger partial charge in [0.15, 0.2) is 6.10 Å². The lowest BCUT2D eigenvalue weighted by Crippen LogP contribution is -2.58. The highest BCUT2D eigenvalue weighted by molar-refractivity contribution is 5.91. The molecule has 3 N–H and O–H groups in total. The normalized spacial score (nSPS) is 30.4. The van der Waals surface area contributed by atoms with Gasteiger partial charge in [-0.15, -0.1) is 0 Å². The van der Waals surface area contributed by atoms with Crippen molar-refractivity contribution >= 4 is 17.7 Å². The Labute approximate surface area is 197 Å². The minimum atomic E-state index is -1.27. The summed E-state index contributed by atoms with van der Waals surface area (Å²) in [5.74, 6) is -0.0351. The van der Waals surface area contributed by atoms with Crippen LogP contribution < -0.4 is 10.6 Å². The van der Waals surface area contributed by atoms with Crippen LogP contribution in [0.5, 0.6) is 0 Å². The second-order valence-corrected chi connectivity index (χ2v) is 10.7. The first kappa shape index (κ1) is 24.5. The van der Waals surface area contributed by atoms with Gasteiger partial charge in [0.2, 0.25) is 11.8 Å². The van der Waals surface area contributed by atoms with E-state index >= 15 is 0 Å². The Balaban J connectivity index is 1.46. The Bertz CT molecular complexity index is 721. The van der Waals surface area contributed by atoms with Gasteiger partial charge in [-0.2, -0.15) is 0 Å². The SMILES string of the molecule is CCCC(NC(=O)[C@@H]1[C@H]2CCC[C@H]2CN1C(=O)C(C)N1CCCCC1)C(O)C(=O)NC1CC1. The van der Waals surface area contributed by atoms with Crippen molar-refractivity contribution in [2.45, 2.75) is 108 Å². The molecule has 4 rings (SSSR count). The monoisotopic (exact) mass is 462 g/mol. The standard InChI is InChI=1S/C25H42N4O4/c1-3-8-20(22(30)24(32)26-18-11-12-18)27-23(31)21-19-10-7-9-17(19)15-29(21)25(33)16(2)28-13-5-4-6-14-28/h16-22,30H,3-15H2,1-2H3,(H,26,32)(H,27,31)/t16?,17-,19-,20?,21-,22?/m0/s1. The number of aliphatic hydroxyl groups is 1. The van der Waals surface area contributed by atoms with Gasteiger partial charge in [0, 0.05) is 12.6 Å². The molecule has 8 heteroatoms. The number of piperidine rings is 1. The summed E-state index contributed by atoms with van der Waals surface area (Å²) in [5, 5.41) is 16.5. The lowest BCUT2D eigenvalue weighted by molar-refractivity contribution is -0.144. The van der Waals surface area contributed by atoms with Gasteiger partial charge < -0.3 is 20.6 Å². The summed E-state index contributed by atoms with van der Waals surface area (Å²) in [6.07, 6.45) is 8.43. The van der Waals surface area contributed by atoms with E-state index in [0.29, 0.717) is 18.9 Å². The van der Waals surface area contributed by atoms with Gasteiger partial charge in [0.1, 0.15) is 6.04 Å². The topological polar surface area (TPSA) is 102 Å². The molecule has 4 aliphatic rings. The molecule has 2 aliphatic heterocycles. The second kappa shape index (κ2) is 10.7. The van der Waals surface area contributed by atoms with Crippen LogP contribution in [0.25, 0.3) is 0 Å². The average Bonchev–Trinajstić information content (AvgIpc) is 3.38. The van der Waals surface area contributed by atoms with E-state index in [1.807, 2.05) is 18.7 Å². The zero-order chi connectivity index (χ0) is 23.5. The number of fused-ring (bicyclic) bond motifs is 1. The Morgan fingerprint density at radius 1 is 1.03 bits per heavy atom. The van der Waals surface area contributed by atoms with E-state index < -0.39 is 24.1 Å². The molecule has 2 saturated carbocycles. The number of aliphatic hydroxyl groups excluding tert-OH is 1. The molecule has 0 spiro atoms. The van der Waals surface area contributed by atoms with Gasteiger partial charge in [0.25, 0.3) is 5.91 Å². The maximum atomic E-state index is 13.6. The van der Waals surface area contributed by atoms with Crippen molar-refractivity contribution in [2.24, 2.45) is 11.8 Å². The molecule has 0 aromatic carbocycles. The smallest absolute Gasteiger partial charge is 0.251 e. The van der Waals surface area contributed by atoms with Crippen LogP contribution in [0.4, 0.5) is 0 Å². The third-order valence-electron chi connectivity index (χ3n) is 8.24. The van der Waals surface area contributed by atoms with E-state index in [-0.39, 0.29) is 29.8 Å². The summed E-state index contributed by atoms with van der Waals surface area (Å²) in [7, 11) is 0. The zero-order valence-corrected chi connectivity index (χ0v) is 20.3. The number of carbonyl (C=O) groups excluding carboxylic acids is 3. The molecule has 6 atom stereocenters. The molecular weight excluding hydrogens is 420 g/mol. The number of likely N-dealkylation sites (tertiary alicyclic amines) is 2. The van der Waals surface area contributed by atoms with Crippen LogP contribution in [0.2, 0.25) is 0 Å². The van der Waals surface area contributed by atoms with Gasteiger partial charge in [-0.25, -0.2) is 0 Å². The maximum Gasteiger partial charge on any atom is 0.251 e. The molecule has 2 saturated heterocycles. The van der Waals surface area contributed by atoms with Crippen LogP contribution in [0, 0.1) is 11.8 Å². The number of carbonyl (C=O) groups is 3. The molecule has 2 heterocycles. The van der Waals surface area contributed by atoms with E-state index in [9.17, 15) is 19.5 Å². The molecule has 0 bridgehead atoms. The van der Waals surface area contributed by atoms with Crippen molar-refractivity contribution in [1.82, 2.24) is 20.4 Å². The molecule has 0 radical (unpaired) electrons. The minimum Gasteiger partial charge on any atom is -0.381 e. The fourth-order valence-electron chi connectivity index (χ4n) is 6.16. The van der Waals surface area contributed by atoms with E-state index in [0.717, 1.165) is 64.5 Å². The van der Waals surface area contributed by atoms with Crippen LogP contribution in [0.1, 0.15) is 78.1 Å². The summed E-state index contributed by atoms with van der Waals surface area (Å²) >= 11 is 0. The maximum absolute atomic E-state index is 13.6. The molecule has 3 unspecified atom stereocenters. The van der Waals surface area contributed by atoms with Crippen LogP contribution in [0.3, 0.4) is 0 Å². The molecule has 3 amide bonds. The lowest BCUT2D eigenvalue weighted by Gasteiger charge is -2.36. The first-order chi connectivity index (χ1) is 15.9. The van der Waals surface area contributed by atoms with Crippen molar-refractivity contribution in [1.29, 1.82) is 0 Å². The van der Waals surface area contributed by atoms with E-state index in [1.54, 1.807) is 0 Å². The van der Waals surface area contributed by atoms with Crippen LogP contribution >= 0.6 is 0 Å². The minimum absolute atomic E-state index is 0.0468. The quantitative estimate of drug-likeness (QED) is 0.481. The predicted octanol–water partition coefficient (Wildman–Crippen LogP) is 1.41. The van der Waals surface area contributed by atoms with E-state index in [2.05, 4.69) is 15.5 Å². The Morgan fingerprint density at radius 2 is 1.76 bits per heavy atom. The number of nitrogens with one attached hydrogen (secondary N) is 2. The average molecular weight is 463 g/mol. The van der Waals surface area contributed by atoms with Crippen molar-refractivity contribution in [3.05, 3.63) is 0 Å². The van der Waals surface area contributed by atoms with E-state index in [4.69, 9.17) is 0 Å².